The molecular weight excluding hydrogens is 1030 g/mol. The molecule has 6 aliphatic carbocycles. The van der Waals surface area contributed by atoms with Gasteiger partial charge in [-0.15, -0.1) is 0 Å². The highest BCUT2D eigenvalue weighted by atomic mass is 19.1. The highest BCUT2D eigenvalue weighted by Crippen LogP contribution is 2.59. The number of rotatable bonds is 6. The highest BCUT2D eigenvalue weighted by Gasteiger charge is 2.66. The molecule has 10 aliphatic rings. The molecule has 4 aliphatic heterocycles. The number of carbonyl (C=O) groups excluding carboxylic acids is 6. The van der Waals surface area contributed by atoms with Gasteiger partial charge in [0.2, 0.25) is 11.6 Å². The predicted molar refractivity (Wildman–Crippen MR) is 277 cm³/mol. The van der Waals surface area contributed by atoms with E-state index < -0.39 is 139 Å². The van der Waals surface area contributed by atoms with E-state index in [1.54, 1.807) is 11.9 Å². The third-order valence-corrected chi connectivity index (χ3v) is 19.2. The Bertz CT molecular complexity index is 3300. The number of aliphatic hydroxyl groups excluding tert-OH is 4. The number of ketones is 4. The third kappa shape index (κ3) is 7.12. The van der Waals surface area contributed by atoms with Gasteiger partial charge in [0, 0.05) is 70.4 Å². The summed E-state index contributed by atoms with van der Waals surface area (Å²) in [4.78, 5) is 84.2. The number of aliphatic hydroxyl groups is 6. The van der Waals surface area contributed by atoms with Crippen LogP contribution >= 0.6 is 0 Å². The highest BCUT2D eigenvalue weighted by molar-refractivity contribution is 6.25. The average Bonchev–Trinajstić information content (AvgIpc) is 4.14. The first-order valence-electron chi connectivity index (χ1n) is 26.7. The topological polar surface area (TPSA) is 362 Å². The summed E-state index contributed by atoms with van der Waals surface area (Å²) in [5, 5.41) is 99.6. The van der Waals surface area contributed by atoms with E-state index in [0.29, 0.717) is 37.2 Å². The Morgan fingerprint density at radius 1 is 0.709 bits per heavy atom. The minimum atomic E-state index is -2.73. The second-order valence-electron chi connectivity index (χ2n) is 23.1. The molecule has 4 heterocycles. The molecule has 422 valence electrons. The number of likely N-dealkylation sites (tertiary alicyclic amines) is 2. The lowest BCUT2D eigenvalue weighted by atomic mass is 9.57. The van der Waals surface area contributed by atoms with Crippen molar-refractivity contribution >= 4 is 57.8 Å². The molecular formula is C55H64F2N8O14. The number of Topliss-reactive ketones (excluding diaryl/α,β-unsaturated/α-hetero) is 4. The van der Waals surface area contributed by atoms with Gasteiger partial charge in [-0.1, -0.05) is 6.92 Å². The summed E-state index contributed by atoms with van der Waals surface area (Å²) >= 11 is 0. The number of primary amides is 2. The first kappa shape index (κ1) is 54.0. The number of carbonyl (C=O) groups is 6. The predicted octanol–water partition coefficient (Wildman–Crippen LogP) is 1.48. The molecule has 15 N–H and O–H groups in total. The van der Waals surface area contributed by atoms with Crippen molar-refractivity contribution < 1.29 is 78.4 Å². The zero-order chi connectivity index (χ0) is 57.1. The Morgan fingerprint density at radius 3 is 1.54 bits per heavy atom. The first-order valence-corrected chi connectivity index (χ1v) is 26.7. The Kier molecular flexibility index (Phi) is 12.7. The van der Waals surface area contributed by atoms with E-state index in [2.05, 4.69) is 16.0 Å². The summed E-state index contributed by atoms with van der Waals surface area (Å²) in [5.74, 6) is -15.9. The van der Waals surface area contributed by atoms with Crippen LogP contribution in [0.15, 0.2) is 33.8 Å². The van der Waals surface area contributed by atoms with Crippen LogP contribution in [-0.2, 0) is 41.6 Å². The van der Waals surface area contributed by atoms with Crippen LogP contribution in [0.5, 0.6) is 11.5 Å². The molecule has 22 nitrogen and oxygen atoms in total. The van der Waals surface area contributed by atoms with Crippen LogP contribution in [-0.4, -0.2) is 175 Å². The number of fused-ring (bicyclic) bond motifs is 12. The monoisotopic (exact) mass is 1100 g/mol. The van der Waals surface area contributed by atoms with Crippen LogP contribution in [0.2, 0.25) is 0 Å². The largest absolute Gasteiger partial charge is 0.508 e. The van der Waals surface area contributed by atoms with E-state index in [4.69, 9.17) is 11.5 Å². The first-order chi connectivity index (χ1) is 37.3. The Morgan fingerprint density at radius 2 is 1.13 bits per heavy atom. The minimum Gasteiger partial charge on any atom is -0.508 e. The molecule has 4 fully saturated rings. The van der Waals surface area contributed by atoms with E-state index in [-0.39, 0.29) is 94.4 Å². The van der Waals surface area contributed by atoms with E-state index in [9.17, 15) is 69.6 Å². The number of benzene rings is 2. The number of anilines is 2. The fraction of sp³-hybridized carbons (Fsp3) is 0.527. The molecule has 12 rings (SSSR count). The molecule has 4 unspecified atom stereocenters. The quantitative estimate of drug-likeness (QED) is 0.144. The van der Waals surface area contributed by atoms with Crippen molar-refractivity contribution in [3.8, 4) is 11.5 Å². The number of amides is 2. The molecule has 12 atom stereocenters. The van der Waals surface area contributed by atoms with E-state index in [1.807, 2.05) is 30.8 Å². The van der Waals surface area contributed by atoms with Gasteiger partial charge in [0.1, 0.15) is 57.3 Å². The van der Waals surface area contributed by atoms with Crippen molar-refractivity contribution in [2.45, 2.75) is 87.2 Å². The van der Waals surface area contributed by atoms with Crippen LogP contribution in [0.25, 0.3) is 11.5 Å². The average molecular weight is 1100 g/mol. The zero-order valence-electron chi connectivity index (χ0n) is 44.0. The van der Waals surface area contributed by atoms with Gasteiger partial charge in [0.15, 0.2) is 22.8 Å². The summed E-state index contributed by atoms with van der Waals surface area (Å²) in [6.45, 7) is 4.79. The molecule has 79 heavy (non-hydrogen) atoms. The minimum absolute atomic E-state index is 0.0502. The number of phenols is 2. The van der Waals surface area contributed by atoms with Crippen molar-refractivity contribution in [1.82, 2.24) is 20.0 Å². The van der Waals surface area contributed by atoms with Gasteiger partial charge >= 0.3 is 0 Å². The lowest BCUT2D eigenvalue weighted by Gasteiger charge is -2.50. The summed E-state index contributed by atoms with van der Waals surface area (Å²) in [6, 6.07) is -2.94. The van der Waals surface area contributed by atoms with Crippen LogP contribution in [0.1, 0.15) is 84.5 Å². The zero-order valence-corrected chi connectivity index (χ0v) is 44.0. The van der Waals surface area contributed by atoms with Crippen LogP contribution < -0.4 is 27.4 Å². The maximum Gasteiger partial charge on any atom is 0.255 e. The fourth-order valence-electron chi connectivity index (χ4n) is 15.7. The number of nitrogens with two attached hydrogens (primary N) is 2. The smallest absolute Gasteiger partial charge is 0.255 e. The number of hydrogen-bond acceptors (Lipinski definition) is 20. The SMILES string of the molecule is CCCN(C)[C@@H]1C(=O)C(C(N)=O)=C(O)[C@@]2(O)C(=O)C3=C(O)c4c(O)c5c(c(F)c4C[C@H]3C[C@@H]12)C1C(CCN1C)CN5.CN[C@@H]1C(=O)C(C(N)=O)=C(O)[C@@]2(O)C(=O)C3=C(O)c4c(O)c5c(c(F)c4C[C@H]3C[C@@H]12)C1C(CCN1C)CN5. The number of nitrogens with zero attached hydrogens (tertiary/aromatic N) is 3. The molecule has 0 radical (unpaired) electrons. The summed E-state index contributed by atoms with van der Waals surface area (Å²) in [5.41, 5.74) is 3.47. The van der Waals surface area contributed by atoms with Crippen molar-refractivity contribution in [3.05, 3.63) is 78.8 Å². The van der Waals surface area contributed by atoms with Crippen LogP contribution in [0, 0.1) is 47.1 Å². The Balaban J connectivity index is 0.000000168. The molecule has 24 heteroatoms. The van der Waals surface area contributed by atoms with Gasteiger partial charge in [-0.05, 0) is 116 Å². The number of aromatic hydroxyl groups is 2. The number of nitrogens with one attached hydrogen (secondary N) is 3. The lowest BCUT2D eigenvalue weighted by molar-refractivity contribution is -0.154. The molecule has 2 saturated heterocycles. The van der Waals surface area contributed by atoms with Crippen molar-refractivity contribution in [1.29, 1.82) is 0 Å². The molecule has 0 spiro atoms. The summed E-state index contributed by atoms with van der Waals surface area (Å²) in [7, 11) is 6.81. The van der Waals surface area contributed by atoms with Crippen molar-refractivity contribution in [2.75, 3.05) is 71.5 Å². The molecule has 0 aromatic heterocycles. The number of phenolic OH excluding ortho intramolecular Hbond substituents is 2. The Hall–Kier alpha value is -6.96. The molecule has 2 amide bonds. The normalized spacial score (nSPS) is 33.5. The van der Waals surface area contributed by atoms with Crippen LogP contribution in [0.3, 0.4) is 0 Å². The maximum absolute atomic E-state index is 16.4. The molecule has 2 aromatic rings. The third-order valence-electron chi connectivity index (χ3n) is 19.2. The van der Waals surface area contributed by atoms with Gasteiger partial charge < -0.3 is 68.3 Å². The van der Waals surface area contributed by atoms with Gasteiger partial charge in [0.05, 0.1) is 34.6 Å². The Labute approximate surface area is 451 Å². The molecule has 2 aromatic carbocycles. The van der Waals surface area contributed by atoms with Crippen molar-refractivity contribution in [3.63, 3.8) is 0 Å². The van der Waals surface area contributed by atoms with E-state index >= 15 is 8.78 Å². The number of likely N-dealkylation sites (N-methyl/N-ethyl adjacent to an activating group) is 2. The van der Waals surface area contributed by atoms with E-state index in [0.717, 1.165) is 25.9 Å². The summed E-state index contributed by atoms with van der Waals surface area (Å²) in [6.07, 6.45) is 2.00. The van der Waals surface area contributed by atoms with Gasteiger partial charge in [-0.2, -0.15) is 0 Å². The summed E-state index contributed by atoms with van der Waals surface area (Å²) < 4.78 is 32.7. The lowest BCUT2D eigenvalue weighted by Crippen LogP contribution is -2.66. The standard InChI is InChI=1S/C29H35FN4O7.C26H29FN4O7/c1-4-6-33(2)22-14-9-12-8-13-16(24(36)20-17(19(13)30)21-11(10-32-20)5-7-34(21)3)23(35)15(12)26(38)29(14,41)27(39)18(25(22)37)28(31)40;1-29-17-11-6-9-5-10-13(21(33)18-14(16(10)27)19-8(7-30-18)3-4-31(19)2)20(32)12(9)23(35)26(11,38)24(36)15(22(17)34)25(28)37/h11-12,14,21-22,32,35-36,39,41H,4-10H2,1-3H3,(H2,31,40);8-9,11,17,19,29-30,32-33,36,38H,3-7H2,1-2H3,(H2,28,37)/t11?,12-,14-,21?,22-,29-;8?,9-,11-,17-,19?,26-/m00/s1. The van der Waals surface area contributed by atoms with Crippen molar-refractivity contribution in [2.24, 2.45) is 47.0 Å². The second-order valence-corrected chi connectivity index (χ2v) is 23.1. The molecule has 0 bridgehead atoms. The number of halogens is 2. The maximum atomic E-state index is 16.4. The van der Waals surface area contributed by atoms with E-state index in [1.165, 1.54) is 7.05 Å². The second kappa shape index (κ2) is 18.6. The van der Waals surface area contributed by atoms with Gasteiger partial charge in [-0.3, -0.25) is 43.5 Å². The fourth-order valence-corrected chi connectivity index (χ4v) is 15.7. The number of hydrogen-bond donors (Lipinski definition) is 13. The molecule has 2 saturated carbocycles. The van der Waals surface area contributed by atoms with Gasteiger partial charge in [0.25, 0.3) is 11.8 Å². The van der Waals surface area contributed by atoms with Gasteiger partial charge in [-0.25, -0.2) is 8.78 Å². The van der Waals surface area contributed by atoms with Crippen LogP contribution in [0.4, 0.5) is 20.2 Å².